The number of carbonyl (C=O) groups excluding carboxylic acids is 3. The third-order valence-corrected chi connectivity index (χ3v) is 9.58. The van der Waals surface area contributed by atoms with E-state index in [1.54, 1.807) is 24.3 Å². The average Bonchev–Trinajstić information content (AvgIpc) is 3.04. The molecule has 0 aliphatic heterocycles. The topological polar surface area (TPSA) is 97.7 Å². The number of carboxylic acid groups (broad SMARTS) is 1. The van der Waals surface area contributed by atoms with Crippen LogP contribution in [0, 0.1) is 5.92 Å². The van der Waals surface area contributed by atoms with E-state index >= 15 is 0 Å². The van der Waals surface area contributed by atoms with Gasteiger partial charge in [-0.15, -0.1) is 0 Å². The highest BCUT2D eigenvalue weighted by Gasteiger charge is 2.39. The van der Waals surface area contributed by atoms with E-state index in [4.69, 9.17) is 21.4 Å². The summed E-state index contributed by atoms with van der Waals surface area (Å²) in [5.74, 6) is -1.52. The molecule has 2 aromatic rings. The molecule has 0 saturated heterocycles. The zero-order chi connectivity index (χ0) is 32.0. The van der Waals surface area contributed by atoms with E-state index in [-0.39, 0.29) is 36.1 Å². The molecule has 7 heteroatoms. The fraction of sp³-hybridized carbons (Fsp3) is 0.526. The van der Waals surface area contributed by atoms with Crippen LogP contribution in [0.1, 0.15) is 148 Å². The van der Waals surface area contributed by atoms with Gasteiger partial charge in [-0.25, -0.2) is 0 Å². The van der Waals surface area contributed by atoms with Crippen molar-refractivity contribution in [2.24, 2.45) is 5.92 Å². The van der Waals surface area contributed by atoms with Crippen LogP contribution in [0.15, 0.2) is 59.9 Å². The Morgan fingerprint density at radius 3 is 1.64 bits per heavy atom. The van der Waals surface area contributed by atoms with Crippen LogP contribution >= 0.6 is 11.6 Å². The zero-order valence-electron chi connectivity index (χ0n) is 26.4. The van der Waals surface area contributed by atoms with Crippen molar-refractivity contribution in [3.8, 4) is 0 Å². The number of unbranched alkanes of at least 4 members (excludes halogenated alkanes) is 11. The Bertz CT molecular complexity index is 1340. The first kappa shape index (κ1) is 34.6. The van der Waals surface area contributed by atoms with Crippen molar-refractivity contribution in [2.45, 2.75) is 121 Å². The minimum absolute atomic E-state index is 0.0551. The van der Waals surface area contributed by atoms with Gasteiger partial charge in [-0.1, -0.05) is 112 Å². The number of allylic oxidation sites excluding steroid dienone is 2. The molecule has 1 fully saturated rings. The van der Waals surface area contributed by atoms with Crippen LogP contribution in [0.3, 0.4) is 0 Å². The summed E-state index contributed by atoms with van der Waals surface area (Å²) in [7, 11) is 0. The third-order valence-electron chi connectivity index (χ3n) is 9.33. The number of hydrogen-bond donors (Lipinski definition) is 1. The Balaban J connectivity index is 1.22. The van der Waals surface area contributed by atoms with Gasteiger partial charge in [-0.2, -0.15) is 0 Å². The number of carbonyl (C=O) groups is 4. The van der Waals surface area contributed by atoms with E-state index in [1.165, 1.54) is 37.7 Å². The number of esters is 1. The van der Waals surface area contributed by atoms with Gasteiger partial charge in [0.05, 0.1) is 5.57 Å². The maximum absolute atomic E-state index is 13.7. The fourth-order valence-electron chi connectivity index (χ4n) is 6.77. The van der Waals surface area contributed by atoms with Gasteiger partial charge >= 0.3 is 11.9 Å². The molecule has 0 atom stereocenters. The lowest BCUT2D eigenvalue weighted by Gasteiger charge is -2.32. The molecule has 2 aromatic carbocycles. The number of carboxylic acids is 1. The summed E-state index contributed by atoms with van der Waals surface area (Å²) in [6, 6.07) is 14.8. The number of Topliss-reactive ketones (excluding diaryl/α,β-unsaturated/α-hetero) is 2. The zero-order valence-corrected chi connectivity index (χ0v) is 27.1. The molecule has 0 aromatic heterocycles. The van der Waals surface area contributed by atoms with Crippen molar-refractivity contribution in [1.82, 2.24) is 0 Å². The molecule has 242 valence electrons. The first-order valence-electron chi connectivity index (χ1n) is 17.0. The van der Waals surface area contributed by atoms with E-state index in [0.29, 0.717) is 34.1 Å². The standard InChI is InChI=1S/C38H47ClO6/c39-30-25-23-28(24-26-30)27-19-21-29(22-20-27)35-36(43)31-15-13-14-16-32(31)37(44)38(35)45-34(42)18-12-10-8-6-4-2-1-3-5-7-9-11-17-33(40)41/h13-16,23-27,29H,1-12,17-22H2,(H,40,41)/t27-,29-. The molecule has 2 aliphatic rings. The van der Waals surface area contributed by atoms with Gasteiger partial charge in [-0.05, 0) is 68.1 Å². The predicted molar refractivity (Wildman–Crippen MR) is 177 cm³/mol. The highest BCUT2D eigenvalue weighted by atomic mass is 35.5. The molecule has 0 heterocycles. The lowest BCUT2D eigenvalue weighted by atomic mass is 9.72. The highest BCUT2D eigenvalue weighted by Crippen LogP contribution is 2.42. The van der Waals surface area contributed by atoms with E-state index in [1.807, 2.05) is 12.1 Å². The normalized spacial score (nSPS) is 18.2. The second kappa shape index (κ2) is 18.0. The molecule has 4 rings (SSSR count). The van der Waals surface area contributed by atoms with Crippen molar-refractivity contribution >= 4 is 35.1 Å². The Morgan fingerprint density at radius 2 is 1.11 bits per heavy atom. The number of rotatable bonds is 18. The lowest BCUT2D eigenvalue weighted by molar-refractivity contribution is -0.139. The number of benzene rings is 2. The summed E-state index contributed by atoms with van der Waals surface area (Å²) < 4.78 is 5.77. The highest BCUT2D eigenvalue weighted by molar-refractivity contribution is 6.30. The van der Waals surface area contributed by atoms with Gasteiger partial charge in [0, 0.05) is 29.0 Å². The molecular formula is C38H47ClO6. The molecule has 0 spiro atoms. The molecule has 0 unspecified atom stereocenters. The summed E-state index contributed by atoms with van der Waals surface area (Å²) in [6.45, 7) is 0. The summed E-state index contributed by atoms with van der Waals surface area (Å²) in [5.41, 5.74) is 2.31. The summed E-state index contributed by atoms with van der Waals surface area (Å²) in [6.07, 6.45) is 16.4. The smallest absolute Gasteiger partial charge is 0.311 e. The molecule has 1 saturated carbocycles. The third kappa shape index (κ3) is 10.4. The lowest BCUT2D eigenvalue weighted by Crippen LogP contribution is -2.30. The molecule has 0 bridgehead atoms. The maximum atomic E-state index is 13.7. The van der Waals surface area contributed by atoms with Crippen LogP contribution in [0.25, 0.3) is 0 Å². The van der Waals surface area contributed by atoms with Gasteiger partial charge in [0.15, 0.2) is 11.5 Å². The average molecular weight is 635 g/mol. The van der Waals surface area contributed by atoms with E-state index < -0.39 is 11.9 Å². The SMILES string of the molecule is O=C(O)CCCCCCCCCCCCCCC(=O)OC1=C([C@H]2CC[C@H](c3ccc(Cl)cc3)CC2)C(=O)c2ccccc2C1=O. The second-order valence-electron chi connectivity index (χ2n) is 12.7. The van der Waals surface area contributed by atoms with Crippen molar-refractivity contribution < 1.29 is 29.0 Å². The van der Waals surface area contributed by atoms with Gasteiger partial charge in [0.2, 0.25) is 5.78 Å². The quantitative estimate of drug-likeness (QED) is 0.129. The van der Waals surface area contributed by atoms with Gasteiger partial charge < -0.3 is 9.84 Å². The molecular weight excluding hydrogens is 588 g/mol. The van der Waals surface area contributed by atoms with Crippen LogP contribution in [-0.4, -0.2) is 28.6 Å². The van der Waals surface area contributed by atoms with E-state index in [0.717, 1.165) is 64.2 Å². The number of ether oxygens (including phenoxy) is 1. The van der Waals surface area contributed by atoms with Crippen molar-refractivity contribution in [3.05, 3.63) is 81.6 Å². The van der Waals surface area contributed by atoms with Crippen molar-refractivity contribution in [1.29, 1.82) is 0 Å². The molecule has 0 amide bonds. The number of halogens is 1. The summed E-state index contributed by atoms with van der Waals surface area (Å²) in [5, 5.41) is 9.38. The fourth-order valence-corrected chi connectivity index (χ4v) is 6.90. The van der Waals surface area contributed by atoms with E-state index in [9.17, 15) is 19.2 Å². The van der Waals surface area contributed by atoms with Crippen LogP contribution in [-0.2, 0) is 14.3 Å². The van der Waals surface area contributed by atoms with Crippen LogP contribution in [0.2, 0.25) is 5.02 Å². The monoisotopic (exact) mass is 634 g/mol. The van der Waals surface area contributed by atoms with Crippen LogP contribution < -0.4 is 0 Å². The Morgan fingerprint density at radius 1 is 0.644 bits per heavy atom. The number of aliphatic carboxylic acids is 1. The predicted octanol–water partition coefficient (Wildman–Crippen LogP) is 10.0. The largest absolute Gasteiger partial charge is 0.481 e. The number of hydrogen-bond acceptors (Lipinski definition) is 5. The van der Waals surface area contributed by atoms with Gasteiger partial charge in [-0.3, -0.25) is 19.2 Å². The minimum Gasteiger partial charge on any atom is -0.481 e. The maximum Gasteiger partial charge on any atom is 0.311 e. The Kier molecular flexibility index (Phi) is 13.9. The van der Waals surface area contributed by atoms with Crippen molar-refractivity contribution in [2.75, 3.05) is 0 Å². The van der Waals surface area contributed by atoms with Gasteiger partial charge in [0.25, 0.3) is 0 Å². The second-order valence-corrected chi connectivity index (χ2v) is 13.1. The Labute approximate surface area is 272 Å². The van der Waals surface area contributed by atoms with Crippen molar-refractivity contribution in [3.63, 3.8) is 0 Å². The molecule has 0 radical (unpaired) electrons. The van der Waals surface area contributed by atoms with Crippen LogP contribution in [0.5, 0.6) is 0 Å². The number of fused-ring (bicyclic) bond motifs is 1. The van der Waals surface area contributed by atoms with E-state index in [2.05, 4.69) is 12.1 Å². The summed E-state index contributed by atoms with van der Waals surface area (Å²) >= 11 is 6.07. The van der Waals surface area contributed by atoms with Crippen LogP contribution in [0.4, 0.5) is 0 Å². The first-order chi connectivity index (χ1) is 21.8. The summed E-state index contributed by atoms with van der Waals surface area (Å²) in [4.78, 5) is 50.8. The molecule has 45 heavy (non-hydrogen) atoms. The molecule has 6 nitrogen and oxygen atoms in total. The molecule has 2 aliphatic carbocycles. The first-order valence-corrected chi connectivity index (χ1v) is 17.3. The van der Waals surface area contributed by atoms with Gasteiger partial charge in [0.1, 0.15) is 0 Å². The number of ketones is 2. The molecule has 1 N–H and O–H groups in total. The minimum atomic E-state index is -0.709. The Hall–Kier alpha value is -3.25.